The Morgan fingerprint density at radius 3 is 2.43 bits per heavy atom. The monoisotopic (exact) mass is 204 g/mol. The summed E-state index contributed by atoms with van der Waals surface area (Å²) in [5, 5.41) is 2.81. The first-order chi connectivity index (χ1) is 6.59. The molecule has 0 aromatic carbocycles. The Hall–Kier alpha value is -0.220. The molecule has 1 N–H and O–H groups in total. The standard InChI is InChI=1S/C10H18F2N2/c1-14-4-2-8(3-5-14)9-6-13-7-10(9,11)12/h8-9,13H,2-7H2,1H3. The van der Waals surface area contributed by atoms with E-state index >= 15 is 0 Å². The molecule has 2 fully saturated rings. The van der Waals surface area contributed by atoms with Gasteiger partial charge in [-0.05, 0) is 38.9 Å². The van der Waals surface area contributed by atoms with E-state index in [-0.39, 0.29) is 12.5 Å². The van der Waals surface area contributed by atoms with Crippen molar-refractivity contribution in [2.45, 2.75) is 18.8 Å². The molecule has 2 aliphatic heterocycles. The van der Waals surface area contributed by atoms with Gasteiger partial charge < -0.3 is 10.2 Å². The van der Waals surface area contributed by atoms with Crippen LogP contribution >= 0.6 is 0 Å². The minimum atomic E-state index is -2.47. The van der Waals surface area contributed by atoms with E-state index in [9.17, 15) is 8.78 Å². The van der Waals surface area contributed by atoms with Crippen molar-refractivity contribution in [2.75, 3.05) is 33.2 Å². The molecule has 2 heterocycles. The molecule has 0 saturated carbocycles. The summed E-state index contributed by atoms with van der Waals surface area (Å²) in [6.45, 7) is 2.32. The quantitative estimate of drug-likeness (QED) is 0.690. The molecule has 0 aliphatic carbocycles. The molecular weight excluding hydrogens is 186 g/mol. The molecule has 2 rings (SSSR count). The number of hydrogen-bond acceptors (Lipinski definition) is 2. The molecular formula is C10H18F2N2. The lowest BCUT2D eigenvalue weighted by atomic mass is 9.82. The SMILES string of the molecule is CN1CCC(C2CNCC2(F)F)CC1. The van der Waals surface area contributed by atoms with Gasteiger partial charge in [-0.25, -0.2) is 8.78 Å². The van der Waals surface area contributed by atoms with Crippen LogP contribution < -0.4 is 5.32 Å². The second kappa shape index (κ2) is 3.74. The summed E-state index contributed by atoms with van der Waals surface area (Å²) in [5.74, 6) is -2.67. The van der Waals surface area contributed by atoms with Crippen LogP contribution in [0, 0.1) is 11.8 Å². The molecule has 4 heteroatoms. The van der Waals surface area contributed by atoms with Gasteiger partial charge in [0, 0.05) is 12.5 Å². The van der Waals surface area contributed by atoms with Gasteiger partial charge in [-0.3, -0.25) is 0 Å². The number of alkyl halides is 2. The molecule has 1 unspecified atom stereocenters. The Morgan fingerprint density at radius 1 is 1.29 bits per heavy atom. The van der Waals surface area contributed by atoms with E-state index in [0.29, 0.717) is 6.54 Å². The van der Waals surface area contributed by atoms with Crippen LogP contribution in [-0.4, -0.2) is 44.0 Å². The lowest BCUT2D eigenvalue weighted by molar-refractivity contribution is -0.0522. The van der Waals surface area contributed by atoms with Gasteiger partial charge in [0.2, 0.25) is 0 Å². The maximum atomic E-state index is 13.4. The number of halogens is 2. The van der Waals surface area contributed by atoms with Crippen molar-refractivity contribution >= 4 is 0 Å². The van der Waals surface area contributed by atoms with Gasteiger partial charge in [0.1, 0.15) is 0 Å². The zero-order valence-corrected chi connectivity index (χ0v) is 8.60. The largest absolute Gasteiger partial charge is 0.311 e. The summed E-state index contributed by atoms with van der Waals surface area (Å²) in [6, 6.07) is 0. The Labute approximate surface area is 83.7 Å². The molecule has 2 nitrogen and oxygen atoms in total. The van der Waals surface area contributed by atoms with Gasteiger partial charge in [0.05, 0.1) is 6.54 Å². The van der Waals surface area contributed by atoms with Crippen molar-refractivity contribution in [1.29, 1.82) is 0 Å². The van der Waals surface area contributed by atoms with Crippen LogP contribution in [0.15, 0.2) is 0 Å². The van der Waals surface area contributed by atoms with Crippen LogP contribution in [0.3, 0.4) is 0 Å². The maximum Gasteiger partial charge on any atom is 0.264 e. The highest BCUT2D eigenvalue weighted by molar-refractivity contribution is 4.93. The van der Waals surface area contributed by atoms with Crippen molar-refractivity contribution in [3.8, 4) is 0 Å². The van der Waals surface area contributed by atoms with E-state index < -0.39 is 11.8 Å². The lowest BCUT2D eigenvalue weighted by Gasteiger charge is -2.34. The maximum absolute atomic E-state index is 13.4. The van der Waals surface area contributed by atoms with Crippen LogP contribution in [0.4, 0.5) is 8.78 Å². The first kappa shape index (κ1) is 10.3. The fourth-order valence-corrected chi connectivity index (χ4v) is 2.62. The van der Waals surface area contributed by atoms with E-state index in [1.54, 1.807) is 0 Å². The van der Waals surface area contributed by atoms with E-state index in [2.05, 4.69) is 17.3 Å². The second-order valence-electron chi connectivity index (χ2n) is 4.64. The van der Waals surface area contributed by atoms with Crippen LogP contribution in [-0.2, 0) is 0 Å². The fourth-order valence-electron chi connectivity index (χ4n) is 2.62. The van der Waals surface area contributed by atoms with Gasteiger partial charge in [-0.2, -0.15) is 0 Å². The Bertz CT molecular complexity index is 200. The number of rotatable bonds is 1. The van der Waals surface area contributed by atoms with Crippen LogP contribution in [0.2, 0.25) is 0 Å². The molecule has 0 spiro atoms. The van der Waals surface area contributed by atoms with Crippen molar-refractivity contribution in [3.63, 3.8) is 0 Å². The molecule has 0 aromatic heterocycles. The fraction of sp³-hybridized carbons (Fsp3) is 1.00. The van der Waals surface area contributed by atoms with Crippen LogP contribution in [0.25, 0.3) is 0 Å². The highest BCUT2D eigenvalue weighted by Gasteiger charge is 2.47. The van der Waals surface area contributed by atoms with Crippen LogP contribution in [0.1, 0.15) is 12.8 Å². The third-order valence-electron chi connectivity index (χ3n) is 3.60. The number of likely N-dealkylation sites (tertiary alicyclic amines) is 1. The molecule has 0 amide bonds. The Kier molecular flexibility index (Phi) is 2.75. The minimum Gasteiger partial charge on any atom is -0.311 e. The summed E-state index contributed by atoms with van der Waals surface area (Å²) in [4.78, 5) is 2.22. The van der Waals surface area contributed by atoms with E-state index in [1.165, 1.54) is 0 Å². The second-order valence-corrected chi connectivity index (χ2v) is 4.64. The molecule has 82 valence electrons. The molecule has 1 atom stereocenters. The van der Waals surface area contributed by atoms with Gasteiger partial charge in [-0.1, -0.05) is 0 Å². The average Bonchev–Trinajstić information content (AvgIpc) is 2.47. The Morgan fingerprint density at radius 2 is 1.93 bits per heavy atom. The van der Waals surface area contributed by atoms with Crippen LogP contribution in [0.5, 0.6) is 0 Å². The highest BCUT2D eigenvalue weighted by atomic mass is 19.3. The predicted octanol–water partition coefficient (Wildman–Crippen LogP) is 1.18. The highest BCUT2D eigenvalue weighted by Crippen LogP contribution is 2.38. The van der Waals surface area contributed by atoms with E-state index in [4.69, 9.17) is 0 Å². The first-order valence-corrected chi connectivity index (χ1v) is 5.37. The normalized spacial score (nSPS) is 34.9. The lowest BCUT2D eigenvalue weighted by Crippen LogP contribution is -2.39. The summed E-state index contributed by atoms with van der Waals surface area (Å²) in [7, 11) is 2.06. The van der Waals surface area contributed by atoms with Crippen molar-refractivity contribution in [1.82, 2.24) is 10.2 Å². The topological polar surface area (TPSA) is 15.3 Å². The smallest absolute Gasteiger partial charge is 0.264 e. The van der Waals surface area contributed by atoms with E-state index in [1.807, 2.05) is 0 Å². The third-order valence-corrected chi connectivity index (χ3v) is 3.60. The molecule has 0 bridgehead atoms. The van der Waals surface area contributed by atoms with Crippen molar-refractivity contribution < 1.29 is 8.78 Å². The Balaban J connectivity index is 1.95. The van der Waals surface area contributed by atoms with Gasteiger partial charge in [-0.15, -0.1) is 0 Å². The molecule has 2 saturated heterocycles. The number of nitrogens with one attached hydrogen (secondary N) is 1. The van der Waals surface area contributed by atoms with Gasteiger partial charge in [0.25, 0.3) is 5.92 Å². The molecule has 0 radical (unpaired) electrons. The summed E-state index contributed by atoms with van der Waals surface area (Å²) >= 11 is 0. The zero-order valence-electron chi connectivity index (χ0n) is 8.60. The number of hydrogen-bond donors (Lipinski definition) is 1. The van der Waals surface area contributed by atoms with Gasteiger partial charge >= 0.3 is 0 Å². The zero-order chi connectivity index (χ0) is 10.2. The molecule has 0 aromatic rings. The molecule has 2 aliphatic rings. The third kappa shape index (κ3) is 1.91. The molecule has 14 heavy (non-hydrogen) atoms. The number of piperidine rings is 1. The van der Waals surface area contributed by atoms with Crippen molar-refractivity contribution in [3.05, 3.63) is 0 Å². The summed E-state index contributed by atoms with van der Waals surface area (Å²) in [6.07, 6.45) is 1.86. The summed E-state index contributed by atoms with van der Waals surface area (Å²) < 4.78 is 26.8. The van der Waals surface area contributed by atoms with E-state index in [0.717, 1.165) is 25.9 Å². The first-order valence-electron chi connectivity index (χ1n) is 5.37. The average molecular weight is 204 g/mol. The predicted molar refractivity (Wildman–Crippen MR) is 51.5 cm³/mol. The number of nitrogens with zero attached hydrogens (tertiary/aromatic N) is 1. The minimum absolute atomic E-state index is 0.121. The van der Waals surface area contributed by atoms with Gasteiger partial charge in [0.15, 0.2) is 0 Å². The van der Waals surface area contributed by atoms with Crippen molar-refractivity contribution in [2.24, 2.45) is 11.8 Å². The summed E-state index contributed by atoms with van der Waals surface area (Å²) in [5.41, 5.74) is 0.